The molecule has 0 radical (unpaired) electrons. The van der Waals surface area contributed by atoms with Crippen LogP contribution in [0.15, 0.2) is 158 Å². The maximum absolute atomic E-state index is 5.09. The number of hydrogen-bond acceptors (Lipinski definition) is 2. The highest BCUT2D eigenvalue weighted by molar-refractivity contribution is 6.13. The van der Waals surface area contributed by atoms with E-state index in [2.05, 4.69) is 138 Å². The number of nitrogens with zero attached hydrogens (tertiary/aromatic N) is 2. The summed E-state index contributed by atoms with van der Waals surface area (Å²) in [4.78, 5) is 9.73. The molecule has 196 valence electrons. The van der Waals surface area contributed by atoms with Crippen molar-refractivity contribution < 1.29 is 0 Å². The van der Waals surface area contributed by atoms with E-state index in [0.717, 1.165) is 38.8 Å². The van der Waals surface area contributed by atoms with Crippen LogP contribution in [0.1, 0.15) is 0 Å². The third kappa shape index (κ3) is 4.31. The van der Waals surface area contributed by atoms with Crippen LogP contribution >= 0.6 is 0 Å². The molecule has 8 rings (SSSR count). The van der Waals surface area contributed by atoms with Gasteiger partial charge in [0.1, 0.15) is 0 Å². The molecule has 0 saturated heterocycles. The molecular formula is C40H26N2. The highest BCUT2D eigenvalue weighted by Crippen LogP contribution is 2.37. The van der Waals surface area contributed by atoms with Gasteiger partial charge in [0, 0.05) is 28.1 Å². The van der Waals surface area contributed by atoms with E-state index >= 15 is 0 Å². The molecule has 0 unspecified atom stereocenters. The highest BCUT2D eigenvalue weighted by atomic mass is 14.7. The molecule has 0 fully saturated rings. The predicted octanol–water partition coefficient (Wildman–Crippen LogP) is 10.6. The SMILES string of the molecule is c1ccc(-c2cc(-c3ccc(-c4ccc(-c5cnc6ccccc6c5)cc4)cc3)c3c(ccc4ccccc43)n2)cc1. The summed E-state index contributed by atoms with van der Waals surface area (Å²) in [6.07, 6.45) is 1.96. The van der Waals surface area contributed by atoms with Gasteiger partial charge in [0.25, 0.3) is 0 Å². The van der Waals surface area contributed by atoms with Gasteiger partial charge in [-0.3, -0.25) is 4.98 Å². The summed E-state index contributed by atoms with van der Waals surface area (Å²) in [5, 5.41) is 4.79. The van der Waals surface area contributed by atoms with Gasteiger partial charge < -0.3 is 0 Å². The minimum Gasteiger partial charge on any atom is -0.256 e. The Hall–Kier alpha value is -5.60. The second kappa shape index (κ2) is 10.1. The van der Waals surface area contributed by atoms with Crippen molar-refractivity contribution in [1.82, 2.24) is 9.97 Å². The lowest BCUT2D eigenvalue weighted by molar-refractivity contribution is 1.40. The molecule has 0 saturated carbocycles. The van der Waals surface area contributed by atoms with E-state index < -0.39 is 0 Å². The average Bonchev–Trinajstić information content (AvgIpc) is 3.08. The topological polar surface area (TPSA) is 25.8 Å². The van der Waals surface area contributed by atoms with Gasteiger partial charge in [-0.25, -0.2) is 4.98 Å². The van der Waals surface area contributed by atoms with Gasteiger partial charge in [-0.1, -0.05) is 127 Å². The Kier molecular flexibility index (Phi) is 5.82. The summed E-state index contributed by atoms with van der Waals surface area (Å²) in [7, 11) is 0. The maximum Gasteiger partial charge on any atom is 0.0722 e. The van der Waals surface area contributed by atoms with E-state index in [1.807, 2.05) is 24.4 Å². The first-order valence-electron chi connectivity index (χ1n) is 14.2. The first kappa shape index (κ1) is 24.2. The van der Waals surface area contributed by atoms with Gasteiger partial charge in [-0.05, 0) is 62.9 Å². The van der Waals surface area contributed by atoms with Crippen LogP contribution in [-0.4, -0.2) is 9.97 Å². The Morgan fingerprint density at radius 3 is 1.76 bits per heavy atom. The van der Waals surface area contributed by atoms with Crippen molar-refractivity contribution in [2.45, 2.75) is 0 Å². The molecule has 0 aliphatic heterocycles. The first-order chi connectivity index (χ1) is 20.8. The predicted molar refractivity (Wildman–Crippen MR) is 176 cm³/mol. The van der Waals surface area contributed by atoms with Crippen LogP contribution in [0, 0.1) is 0 Å². The summed E-state index contributed by atoms with van der Waals surface area (Å²) in [5.74, 6) is 0. The molecule has 2 heteroatoms. The quantitative estimate of drug-likeness (QED) is 0.210. The summed E-state index contributed by atoms with van der Waals surface area (Å²) in [6.45, 7) is 0. The van der Waals surface area contributed by atoms with E-state index in [1.165, 1.54) is 38.4 Å². The van der Waals surface area contributed by atoms with Crippen molar-refractivity contribution in [2.24, 2.45) is 0 Å². The Bertz CT molecular complexity index is 2220. The average molecular weight is 535 g/mol. The molecule has 0 amide bonds. The fourth-order valence-corrected chi connectivity index (χ4v) is 5.92. The summed E-state index contributed by atoms with van der Waals surface area (Å²) < 4.78 is 0. The van der Waals surface area contributed by atoms with Crippen molar-refractivity contribution in [3.63, 3.8) is 0 Å². The summed E-state index contributed by atoms with van der Waals surface area (Å²) in [5.41, 5.74) is 11.2. The number of para-hydroxylation sites is 1. The minimum atomic E-state index is 0.983. The summed E-state index contributed by atoms with van der Waals surface area (Å²) >= 11 is 0. The third-order valence-corrected chi connectivity index (χ3v) is 8.11. The molecule has 6 aromatic carbocycles. The van der Waals surface area contributed by atoms with Gasteiger partial charge in [0.05, 0.1) is 16.7 Å². The zero-order valence-corrected chi connectivity index (χ0v) is 22.9. The van der Waals surface area contributed by atoms with Crippen LogP contribution in [0.3, 0.4) is 0 Å². The molecule has 0 spiro atoms. The smallest absolute Gasteiger partial charge is 0.0722 e. The van der Waals surface area contributed by atoms with E-state index in [9.17, 15) is 0 Å². The Labute approximate surface area is 244 Å². The zero-order chi connectivity index (χ0) is 27.9. The Morgan fingerprint density at radius 1 is 0.381 bits per heavy atom. The maximum atomic E-state index is 5.09. The molecule has 0 atom stereocenters. The largest absolute Gasteiger partial charge is 0.256 e. The highest BCUT2D eigenvalue weighted by Gasteiger charge is 2.13. The molecule has 0 N–H and O–H groups in total. The molecular weight excluding hydrogens is 508 g/mol. The lowest BCUT2D eigenvalue weighted by atomic mass is 9.93. The van der Waals surface area contributed by atoms with Crippen LogP contribution in [0.4, 0.5) is 0 Å². The van der Waals surface area contributed by atoms with E-state index in [0.29, 0.717) is 0 Å². The standard InChI is InChI=1S/C40H26N2/c1-2-9-32(10-3-1)39-25-36(40-35-12-6-4-8-30(35)22-23-38(40)42-39)31-20-18-28(19-21-31)27-14-16-29(17-15-27)34-24-33-11-5-7-13-37(33)41-26-34/h1-26H. The van der Waals surface area contributed by atoms with Gasteiger partial charge in [-0.2, -0.15) is 0 Å². The van der Waals surface area contributed by atoms with Crippen LogP contribution in [0.5, 0.6) is 0 Å². The number of aromatic nitrogens is 2. The molecule has 0 bridgehead atoms. The lowest BCUT2D eigenvalue weighted by Crippen LogP contribution is -1.91. The normalized spacial score (nSPS) is 11.3. The van der Waals surface area contributed by atoms with Crippen molar-refractivity contribution >= 4 is 32.6 Å². The number of rotatable bonds is 4. The van der Waals surface area contributed by atoms with E-state index in [1.54, 1.807) is 0 Å². The molecule has 0 aliphatic rings. The second-order valence-corrected chi connectivity index (χ2v) is 10.7. The number of fused-ring (bicyclic) bond motifs is 4. The van der Waals surface area contributed by atoms with Crippen molar-refractivity contribution in [3.8, 4) is 44.6 Å². The first-order valence-corrected chi connectivity index (χ1v) is 14.2. The molecule has 42 heavy (non-hydrogen) atoms. The van der Waals surface area contributed by atoms with Gasteiger partial charge in [-0.15, -0.1) is 0 Å². The second-order valence-electron chi connectivity index (χ2n) is 10.7. The molecule has 2 nitrogen and oxygen atoms in total. The molecule has 2 aromatic heterocycles. The monoisotopic (exact) mass is 534 g/mol. The zero-order valence-electron chi connectivity index (χ0n) is 22.9. The Balaban J connectivity index is 1.19. The van der Waals surface area contributed by atoms with Crippen molar-refractivity contribution in [2.75, 3.05) is 0 Å². The fraction of sp³-hybridized carbons (Fsp3) is 0. The number of hydrogen-bond donors (Lipinski definition) is 0. The van der Waals surface area contributed by atoms with Gasteiger partial charge >= 0.3 is 0 Å². The molecule has 8 aromatic rings. The summed E-state index contributed by atoms with van der Waals surface area (Å²) in [6, 6.07) is 53.7. The van der Waals surface area contributed by atoms with Crippen LogP contribution in [0.2, 0.25) is 0 Å². The van der Waals surface area contributed by atoms with Crippen LogP contribution < -0.4 is 0 Å². The van der Waals surface area contributed by atoms with Crippen molar-refractivity contribution in [1.29, 1.82) is 0 Å². The lowest BCUT2D eigenvalue weighted by Gasteiger charge is -2.14. The minimum absolute atomic E-state index is 0.983. The van der Waals surface area contributed by atoms with Crippen LogP contribution in [-0.2, 0) is 0 Å². The van der Waals surface area contributed by atoms with Gasteiger partial charge in [0.2, 0.25) is 0 Å². The van der Waals surface area contributed by atoms with Crippen molar-refractivity contribution in [3.05, 3.63) is 158 Å². The van der Waals surface area contributed by atoms with E-state index in [-0.39, 0.29) is 0 Å². The molecule has 0 aliphatic carbocycles. The molecule has 2 heterocycles. The number of benzene rings is 6. The Morgan fingerprint density at radius 2 is 1.00 bits per heavy atom. The third-order valence-electron chi connectivity index (χ3n) is 8.11. The van der Waals surface area contributed by atoms with E-state index in [4.69, 9.17) is 4.98 Å². The fourth-order valence-electron chi connectivity index (χ4n) is 5.92. The van der Waals surface area contributed by atoms with Gasteiger partial charge in [0.15, 0.2) is 0 Å². The van der Waals surface area contributed by atoms with Crippen LogP contribution in [0.25, 0.3) is 77.2 Å². The number of pyridine rings is 2.